The molecule has 2 aromatic rings. The van der Waals surface area contributed by atoms with Crippen molar-refractivity contribution >= 4 is 11.5 Å². The van der Waals surface area contributed by atoms with E-state index in [1.165, 1.54) is 6.42 Å². The molecule has 0 spiro atoms. The number of fused-ring (bicyclic) bond motifs is 1. The van der Waals surface area contributed by atoms with Crippen molar-refractivity contribution in [3.8, 4) is 0 Å². The fourth-order valence-electron chi connectivity index (χ4n) is 2.47. The molecule has 2 heterocycles. The van der Waals surface area contributed by atoms with Gasteiger partial charge in [0.2, 0.25) is 0 Å². The molecule has 0 aromatic carbocycles. The van der Waals surface area contributed by atoms with Crippen LogP contribution in [-0.4, -0.2) is 20.5 Å². The van der Waals surface area contributed by atoms with Crippen molar-refractivity contribution in [3.05, 3.63) is 35.4 Å². The second-order valence-corrected chi connectivity index (χ2v) is 4.63. The van der Waals surface area contributed by atoms with Crippen molar-refractivity contribution in [2.24, 2.45) is 0 Å². The van der Waals surface area contributed by atoms with Crippen LogP contribution in [0.5, 0.6) is 0 Å². The fraction of sp³-hybridized carbons (Fsp3) is 0.385. The summed E-state index contributed by atoms with van der Waals surface area (Å²) >= 11 is 0. The molecule has 0 atom stereocenters. The summed E-state index contributed by atoms with van der Waals surface area (Å²) in [4.78, 5) is 15.7. The summed E-state index contributed by atoms with van der Waals surface area (Å²) in [5, 5.41) is 9.19. The molecule has 4 heteroatoms. The third-order valence-electron chi connectivity index (χ3n) is 3.57. The Bertz CT molecular complexity index is 597. The molecular weight excluding hydrogens is 216 g/mol. The Kier molecular flexibility index (Phi) is 2.18. The van der Waals surface area contributed by atoms with Crippen molar-refractivity contribution in [2.45, 2.75) is 32.1 Å². The van der Waals surface area contributed by atoms with E-state index in [2.05, 4.69) is 4.98 Å². The fourth-order valence-corrected chi connectivity index (χ4v) is 2.47. The predicted octanol–water partition coefficient (Wildman–Crippen LogP) is 2.61. The smallest absolute Gasteiger partial charge is 0.337 e. The van der Waals surface area contributed by atoms with Gasteiger partial charge in [0.15, 0.2) is 0 Å². The zero-order valence-electron chi connectivity index (χ0n) is 9.68. The van der Waals surface area contributed by atoms with Crippen molar-refractivity contribution in [3.63, 3.8) is 0 Å². The Balaban J connectivity index is 2.27. The molecule has 0 unspecified atom stereocenters. The molecule has 1 fully saturated rings. The van der Waals surface area contributed by atoms with Crippen LogP contribution in [0, 0.1) is 6.92 Å². The van der Waals surface area contributed by atoms with Crippen LogP contribution in [0.15, 0.2) is 18.3 Å². The van der Waals surface area contributed by atoms with Gasteiger partial charge in [0, 0.05) is 12.1 Å². The number of imidazole rings is 1. The van der Waals surface area contributed by atoms with E-state index in [9.17, 15) is 9.90 Å². The number of carboxylic acids is 1. The van der Waals surface area contributed by atoms with Gasteiger partial charge in [0.05, 0.1) is 16.8 Å². The summed E-state index contributed by atoms with van der Waals surface area (Å²) in [6.45, 7) is 1.88. The third kappa shape index (κ3) is 1.44. The lowest BCUT2D eigenvalue weighted by Gasteiger charge is -2.24. The van der Waals surface area contributed by atoms with Gasteiger partial charge >= 0.3 is 5.97 Å². The van der Waals surface area contributed by atoms with E-state index >= 15 is 0 Å². The van der Waals surface area contributed by atoms with Gasteiger partial charge < -0.3 is 9.51 Å². The SMILES string of the molecule is Cc1nc(C2CCC2)n2cccc(C(=O)O)c12. The molecule has 0 radical (unpaired) electrons. The normalized spacial score (nSPS) is 16.1. The van der Waals surface area contributed by atoms with Crippen LogP contribution in [0.1, 0.15) is 47.1 Å². The molecule has 0 saturated heterocycles. The highest BCUT2D eigenvalue weighted by atomic mass is 16.4. The molecule has 4 nitrogen and oxygen atoms in total. The van der Waals surface area contributed by atoms with Crippen molar-refractivity contribution in [1.29, 1.82) is 0 Å². The largest absolute Gasteiger partial charge is 0.478 e. The maximum absolute atomic E-state index is 11.2. The number of aryl methyl sites for hydroxylation is 1. The Hall–Kier alpha value is -1.84. The standard InChI is InChI=1S/C13H14N2O2/c1-8-11-10(13(16)17)6-3-7-15(11)12(14-8)9-4-2-5-9/h3,6-7,9H,2,4-5H2,1H3,(H,16,17). The lowest BCUT2D eigenvalue weighted by atomic mass is 9.85. The number of carboxylic acid groups (broad SMARTS) is 1. The average Bonchev–Trinajstić information content (AvgIpc) is 2.54. The molecule has 0 amide bonds. The topological polar surface area (TPSA) is 54.6 Å². The molecular formula is C13H14N2O2. The minimum absolute atomic E-state index is 0.336. The van der Waals surface area contributed by atoms with Crippen molar-refractivity contribution < 1.29 is 9.90 Å². The van der Waals surface area contributed by atoms with Crippen LogP contribution < -0.4 is 0 Å². The Morgan fingerprint density at radius 3 is 2.88 bits per heavy atom. The van der Waals surface area contributed by atoms with Crippen LogP contribution in [-0.2, 0) is 0 Å². The van der Waals surface area contributed by atoms with E-state index in [1.54, 1.807) is 12.1 Å². The van der Waals surface area contributed by atoms with Gasteiger partial charge in [0.25, 0.3) is 0 Å². The number of rotatable bonds is 2. The minimum Gasteiger partial charge on any atom is -0.478 e. The van der Waals surface area contributed by atoms with Crippen LogP contribution in [0.3, 0.4) is 0 Å². The molecule has 1 saturated carbocycles. The Morgan fingerprint density at radius 1 is 1.53 bits per heavy atom. The molecule has 1 N–H and O–H groups in total. The number of pyridine rings is 1. The predicted molar refractivity (Wildman–Crippen MR) is 63.5 cm³/mol. The number of hydrogen-bond donors (Lipinski definition) is 1. The van der Waals surface area contributed by atoms with E-state index in [0.717, 1.165) is 29.9 Å². The van der Waals surface area contributed by atoms with E-state index in [1.807, 2.05) is 17.5 Å². The zero-order chi connectivity index (χ0) is 12.0. The molecule has 1 aliphatic carbocycles. The highest BCUT2D eigenvalue weighted by Gasteiger charge is 2.26. The van der Waals surface area contributed by atoms with Crippen LogP contribution in [0.25, 0.3) is 5.52 Å². The highest BCUT2D eigenvalue weighted by molar-refractivity contribution is 5.96. The van der Waals surface area contributed by atoms with Crippen LogP contribution >= 0.6 is 0 Å². The molecule has 3 rings (SSSR count). The van der Waals surface area contributed by atoms with Gasteiger partial charge in [-0.25, -0.2) is 9.78 Å². The van der Waals surface area contributed by atoms with E-state index in [4.69, 9.17) is 0 Å². The van der Waals surface area contributed by atoms with E-state index < -0.39 is 5.97 Å². The number of hydrogen-bond acceptors (Lipinski definition) is 2. The quantitative estimate of drug-likeness (QED) is 0.862. The van der Waals surface area contributed by atoms with E-state index in [-0.39, 0.29) is 0 Å². The molecule has 0 aliphatic heterocycles. The van der Waals surface area contributed by atoms with Crippen LogP contribution in [0.2, 0.25) is 0 Å². The molecule has 2 aromatic heterocycles. The summed E-state index contributed by atoms with van der Waals surface area (Å²) < 4.78 is 1.95. The van der Waals surface area contributed by atoms with Gasteiger partial charge in [-0.1, -0.05) is 6.42 Å². The monoisotopic (exact) mass is 230 g/mol. The highest BCUT2D eigenvalue weighted by Crippen LogP contribution is 2.36. The number of nitrogens with zero attached hydrogens (tertiary/aromatic N) is 2. The molecule has 88 valence electrons. The van der Waals surface area contributed by atoms with Gasteiger partial charge in [-0.3, -0.25) is 0 Å². The van der Waals surface area contributed by atoms with Gasteiger partial charge in [-0.05, 0) is 31.9 Å². The summed E-state index contributed by atoms with van der Waals surface area (Å²) in [6.07, 6.45) is 5.48. The molecule has 1 aliphatic rings. The minimum atomic E-state index is -0.890. The first kappa shape index (κ1) is 10.3. The second kappa shape index (κ2) is 3.58. The van der Waals surface area contributed by atoms with Gasteiger partial charge in [-0.15, -0.1) is 0 Å². The zero-order valence-corrected chi connectivity index (χ0v) is 9.68. The number of aromatic carboxylic acids is 1. The van der Waals surface area contributed by atoms with Crippen molar-refractivity contribution in [2.75, 3.05) is 0 Å². The summed E-state index contributed by atoms with van der Waals surface area (Å²) in [5.74, 6) is 0.630. The van der Waals surface area contributed by atoms with Crippen molar-refractivity contribution in [1.82, 2.24) is 9.38 Å². The Labute approximate surface area is 98.9 Å². The average molecular weight is 230 g/mol. The maximum atomic E-state index is 11.2. The Morgan fingerprint density at radius 2 is 2.29 bits per heavy atom. The summed E-state index contributed by atoms with van der Waals surface area (Å²) in [5.41, 5.74) is 1.88. The lowest BCUT2D eigenvalue weighted by molar-refractivity contribution is 0.0698. The van der Waals surface area contributed by atoms with Crippen LogP contribution in [0.4, 0.5) is 0 Å². The first-order chi connectivity index (χ1) is 8.18. The first-order valence-electron chi connectivity index (χ1n) is 5.89. The first-order valence-corrected chi connectivity index (χ1v) is 5.89. The van der Waals surface area contributed by atoms with Gasteiger partial charge in [0.1, 0.15) is 5.82 Å². The second-order valence-electron chi connectivity index (χ2n) is 4.63. The lowest BCUT2D eigenvalue weighted by Crippen LogP contribution is -2.12. The van der Waals surface area contributed by atoms with E-state index in [0.29, 0.717) is 11.5 Å². The molecule has 17 heavy (non-hydrogen) atoms. The summed E-state index contributed by atoms with van der Waals surface area (Å²) in [6, 6.07) is 3.41. The third-order valence-corrected chi connectivity index (χ3v) is 3.57. The number of carbonyl (C=O) groups is 1. The van der Waals surface area contributed by atoms with Gasteiger partial charge in [-0.2, -0.15) is 0 Å². The molecule has 0 bridgehead atoms. The number of aromatic nitrogens is 2. The maximum Gasteiger partial charge on any atom is 0.337 e. The summed E-state index contributed by atoms with van der Waals surface area (Å²) in [7, 11) is 0.